The Balaban J connectivity index is 2.90. The van der Waals surface area contributed by atoms with Crippen LogP contribution < -0.4 is 10.1 Å². The van der Waals surface area contributed by atoms with Crippen LogP contribution in [0.2, 0.25) is 0 Å². The van der Waals surface area contributed by atoms with Crippen molar-refractivity contribution in [2.45, 2.75) is 19.9 Å². The number of hydrogen-bond acceptors (Lipinski definition) is 4. The van der Waals surface area contributed by atoms with Gasteiger partial charge < -0.3 is 15.2 Å². The zero-order chi connectivity index (χ0) is 13.7. The molecule has 0 aliphatic rings. The Bertz CT molecular complexity index is 445. The summed E-state index contributed by atoms with van der Waals surface area (Å²) < 4.78 is 4.95. The molecule has 0 unspecified atom stereocenters. The monoisotopic (exact) mass is 252 g/mol. The molecule has 0 aromatic carbocycles. The van der Waals surface area contributed by atoms with Crippen LogP contribution in [-0.2, 0) is 4.79 Å². The third-order valence-electron chi connectivity index (χ3n) is 2.43. The summed E-state index contributed by atoms with van der Waals surface area (Å²) in [4.78, 5) is 26.8. The molecule has 0 fully saturated rings. The lowest BCUT2D eigenvalue weighted by Gasteiger charge is -2.18. The number of amides is 1. The van der Waals surface area contributed by atoms with E-state index >= 15 is 0 Å². The minimum atomic E-state index is -1.07. The lowest BCUT2D eigenvalue weighted by atomic mass is 10.0. The first-order valence-corrected chi connectivity index (χ1v) is 5.50. The van der Waals surface area contributed by atoms with Crippen molar-refractivity contribution in [3.05, 3.63) is 23.9 Å². The second kappa shape index (κ2) is 6.00. The van der Waals surface area contributed by atoms with Crippen molar-refractivity contribution in [1.29, 1.82) is 0 Å². The minimum Gasteiger partial charge on any atom is -0.480 e. The molecule has 0 bridgehead atoms. The zero-order valence-corrected chi connectivity index (χ0v) is 10.5. The number of carbonyl (C=O) groups is 2. The number of nitrogens with one attached hydrogen (secondary N) is 1. The lowest BCUT2D eigenvalue weighted by molar-refractivity contribution is -0.140. The van der Waals surface area contributed by atoms with E-state index < -0.39 is 17.9 Å². The molecule has 18 heavy (non-hydrogen) atoms. The lowest BCUT2D eigenvalue weighted by Crippen LogP contribution is -2.44. The summed E-state index contributed by atoms with van der Waals surface area (Å²) in [5.41, 5.74) is 0.215. The van der Waals surface area contributed by atoms with E-state index in [0.29, 0.717) is 0 Å². The molecule has 1 rings (SSSR count). The van der Waals surface area contributed by atoms with Crippen LogP contribution >= 0.6 is 0 Å². The number of nitrogens with zero attached hydrogens (tertiary/aromatic N) is 1. The molecule has 0 aliphatic carbocycles. The van der Waals surface area contributed by atoms with Crippen LogP contribution in [0.25, 0.3) is 0 Å². The molecular formula is C12H16N2O4. The van der Waals surface area contributed by atoms with Crippen molar-refractivity contribution in [2.75, 3.05) is 7.11 Å². The standard InChI is InChI=1S/C12H16N2O4/c1-7(2)9(12(16)17)14-10(15)8-5-4-6-13-11(8)18-3/h4-7,9H,1-3H3,(H,14,15)(H,16,17)/t9-/m1/s1. The molecule has 1 amide bonds. The van der Waals surface area contributed by atoms with E-state index in [-0.39, 0.29) is 17.4 Å². The predicted octanol–water partition coefficient (Wildman–Crippen LogP) is 0.929. The summed E-state index contributed by atoms with van der Waals surface area (Å²) in [5, 5.41) is 11.5. The van der Waals surface area contributed by atoms with Gasteiger partial charge in [-0.05, 0) is 18.1 Å². The number of aromatic nitrogens is 1. The van der Waals surface area contributed by atoms with Gasteiger partial charge in [-0.15, -0.1) is 0 Å². The summed E-state index contributed by atoms with van der Waals surface area (Å²) in [5.74, 6) is -1.63. The normalized spacial score (nSPS) is 12.0. The van der Waals surface area contributed by atoms with Gasteiger partial charge in [-0.25, -0.2) is 9.78 Å². The van der Waals surface area contributed by atoms with Gasteiger partial charge in [-0.3, -0.25) is 4.79 Å². The topological polar surface area (TPSA) is 88.5 Å². The molecular weight excluding hydrogens is 236 g/mol. The van der Waals surface area contributed by atoms with Gasteiger partial charge in [0.25, 0.3) is 5.91 Å². The Labute approximate surface area is 105 Å². The maximum atomic E-state index is 11.9. The number of carboxylic acids is 1. The molecule has 2 N–H and O–H groups in total. The van der Waals surface area contributed by atoms with Crippen molar-refractivity contribution >= 4 is 11.9 Å². The van der Waals surface area contributed by atoms with Crippen molar-refractivity contribution in [3.63, 3.8) is 0 Å². The molecule has 1 atom stereocenters. The highest BCUT2D eigenvalue weighted by Crippen LogP contribution is 2.14. The van der Waals surface area contributed by atoms with Crippen LogP contribution in [0, 0.1) is 5.92 Å². The first-order chi connectivity index (χ1) is 8.47. The van der Waals surface area contributed by atoms with Gasteiger partial charge >= 0.3 is 5.97 Å². The van der Waals surface area contributed by atoms with Crippen molar-refractivity contribution in [3.8, 4) is 5.88 Å². The number of carboxylic acid groups (broad SMARTS) is 1. The summed E-state index contributed by atoms with van der Waals surface area (Å²) in [6, 6.07) is 2.17. The average molecular weight is 252 g/mol. The molecule has 1 heterocycles. The van der Waals surface area contributed by atoms with Crippen molar-refractivity contribution in [2.24, 2.45) is 5.92 Å². The molecule has 0 radical (unpaired) electrons. The van der Waals surface area contributed by atoms with E-state index in [9.17, 15) is 9.59 Å². The minimum absolute atomic E-state index is 0.169. The molecule has 1 aromatic heterocycles. The number of carbonyl (C=O) groups excluding carboxylic acids is 1. The summed E-state index contributed by atoms with van der Waals surface area (Å²) >= 11 is 0. The van der Waals surface area contributed by atoms with Crippen molar-refractivity contribution in [1.82, 2.24) is 10.3 Å². The molecule has 0 saturated carbocycles. The largest absolute Gasteiger partial charge is 0.480 e. The Hall–Kier alpha value is -2.11. The molecule has 1 aromatic rings. The maximum Gasteiger partial charge on any atom is 0.326 e. The molecule has 0 saturated heterocycles. The van der Waals surface area contributed by atoms with Gasteiger partial charge in [0.05, 0.1) is 7.11 Å². The molecule has 6 heteroatoms. The molecule has 0 spiro atoms. The first-order valence-electron chi connectivity index (χ1n) is 5.50. The van der Waals surface area contributed by atoms with Crippen LogP contribution in [0.4, 0.5) is 0 Å². The van der Waals surface area contributed by atoms with E-state index in [4.69, 9.17) is 9.84 Å². The predicted molar refractivity (Wildman–Crippen MR) is 64.5 cm³/mol. The van der Waals surface area contributed by atoms with E-state index in [1.807, 2.05) is 0 Å². The molecule has 98 valence electrons. The Kier molecular flexibility index (Phi) is 4.65. The smallest absolute Gasteiger partial charge is 0.326 e. The number of methoxy groups -OCH3 is 1. The van der Waals surface area contributed by atoms with E-state index in [1.54, 1.807) is 19.9 Å². The first kappa shape index (κ1) is 14.0. The third kappa shape index (κ3) is 3.19. The van der Waals surface area contributed by atoms with E-state index in [2.05, 4.69) is 10.3 Å². The number of aliphatic carboxylic acids is 1. The average Bonchev–Trinajstić information content (AvgIpc) is 2.34. The van der Waals surface area contributed by atoms with Crippen LogP contribution in [0.15, 0.2) is 18.3 Å². The fourth-order valence-corrected chi connectivity index (χ4v) is 1.46. The molecule has 6 nitrogen and oxygen atoms in total. The Morgan fingerprint density at radius 2 is 2.11 bits per heavy atom. The van der Waals surface area contributed by atoms with Gasteiger partial charge in [0, 0.05) is 6.20 Å². The number of pyridine rings is 1. The number of hydrogen-bond donors (Lipinski definition) is 2. The quantitative estimate of drug-likeness (QED) is 0.813. The van der Waals surface area contributed by atoms with Gasteiger partial charge in [-0.1, -0.05) is 13.8 Å². The second-order valence-electron chi connectivity index (χ2n) is 4.09. The third-order valence-corrected chi connectivity index (χ3v) is 2.43. The summed E-state index contributed by atoms with van der Waals surface area (Å²) in [7, 11) is 1.40. The van der Waals surface area contributed by atoms with Crippen LogP contribution in [0.3, 0.4) is 0 Å². The Morgan fingerprint density at radius 1 is 1.44 bits per heavy atom. The highest BCUT2D eigenvalue weighted by molar-refractivity contribution is 5.98. The highest BCUT2D eigenvalue weighted by Gasteiger charge is 2.25. The zero-order valence-electron chi connectivity index (χ0n) is 10.5. The SMILES string of the molecule is COc1ncccc1C(=O)N[C@@H](C(=O)O)C(C)C. The van der Waals surface area contributed by atoms with Gasteiger partial charge in [0.2, 0.25) is 5.88 Å². The molecule has 0 aliphatic heterocycles. The fourth-order valence-electron chi connectivity index (χ4n) is 1.46. The van der Waals surface area contributed by atoms with Crippen LogP contribution in [-0.4, -0.2) is 35.1 Å². The van der Waals surface area contributed by atoms with Crippen molar-refractivity contribution < 1.29 is 19.4 Å². The highest BCUT2D eigenvalue weighted by atomic mass is 16.5. The maximum absolute atomic E-state index is 11.9. The Morgan fingerprint density at radius 3 is 2.61 bits per heavy atom. The van der Waals surface area contributed by atoms with Crippen LogP contribution in [0.1, 0.15) is 24.2 Å². The van der Waals surface area contributed by atoms with Gasteiger partial charge in [0.15, 0.2) is 0 Å². The van der Waals surface area contributed by atoms with Gasteiger partial charge in [-0.2, -0.15) is 0 Å². The second-order valence-corrected chi connectivity index (χ2v) is 4.09. The summed E-state index contributed by atoms with van der Waals surface area (Å²) in [6.07, 6.45) is 1.49. The fraction of sp³-hybridized carbons (Fsp3) is 0.417. The van der Waals surface area contributed by atoms with Gasteiger partial charge in [0.1, 0.15) is 11.6 Å². The summed E-state index contributed by atoms with van der Waals surface area (Å²) in [6.45, 7) is 3.44. The van der Waals surface area contributed by atoms with Crippen LogP contribution in [0.5, 0.6) is 5.88 Å². The van der Waals surface area contributed by atoms with E-state index in [1.165, 1.54) is 19.4 Å². The number of ether oxygens (including phenoxy) is 1. The number of rotatable bonds is 5. The van der Waals surface area contributed by atoms with E-state index in [0.717, 1.165) is 0 Å².